The van der Waals surface area contributed by atoms with Crippen molar-refractivity contribution in [3.05, 3.63) is 122 Å². The highest BCUT2D eigenvalue weighted by atomic mass is 16.3. The minimum atomic E-state index is -0.523. The highest BCUT2D eigenvalue weighted by molar-refractivity contribution is 5.61. The van der Waals surface area contributed by atoms with Crippen LogP contribution < -0.4 is 0 Å². The highest BCUT2D eigenvalue weighted by Gasteiger charge is 2.39. The van der Waals surface area contributed by atoms with Crippen LogP contribution in [0.1, 0.15) is 310 Å². The van der Waals surface area contributed by atoms with Gasteiger partial charge in [0.05, 0.1) is 0 Å². The first-order chi connectivity index (χ1) is 33.1. The first kappa shape index (κ1) is 47.9. The quantitative estimate of drug-likeness (QED) is 0.131. The van der Waals surface area contributed by atoms with Gasteiger partial charge in [-0.3, -0.25) is 0 Å². The molecule has 6 fully saturated rings. The Kier molecular flexibility index (Phi) is 14.8. The van der Waals surface area contributed by atoms with E-state index in [2.05, 4.69) is 81.4 Å². The smallest absolute Gasteiger partial charge is 0.122 e. The van der Waals surface area contributed by atoms with E-state index in [-0.39, 0.29) is 5.41 Å². The maximum Gasteiger partial charge on any atom is 0.122 e. The summed E-state index contributed by atoms with van der Waals surface area (Å²) in [6.45, 7) is 7.34. The van der Waals surface area contributed by atoms with Crippen LogP contribution in [0.15, 0.2) is 60.7 Å². The second kappa shape index (κ2) is 20.9. The van der Waals surface area contributed by atoms with Gasteiger partial charge < -0.3 is 15.3 Å². The fourth-order valence-corrected chi connectivity index (χ4v) is 15.2. The Labute approximate surface area is 412 Å². The molecule has 0 aliphatic heterocycles. The molecule has 4 aromatic carbocycles. The number of phenols is 3. The fourth-order valence-electron chi connectivity index (χ4n) is 15.2. The van der Waals surface area contributed by atoms with Crippen LogP contribution in [0.4, 0.5) is 0 Å². The molecule has 3 nitrogen and oxygen atoms in total. The zero-order valence-electron chi connectivity index (χ0n) is 42.8. The molecule has 6 aliphatic carbocycles. The minimum Gasteiger partial charge on any atom is -0.507 e. The second-order valence-electron chi connectivity index (χ2n) is 24.3. The Bertz CT molecular complexity index is 2110. The maximum absolute atomic E-state index is 12.5. The number of rotatable bonds is 11. The summed E-state index contributed by atoms with van der Waals surface area (Å²) in [4.78, 5) is 0. The van der Waals surface area contributed by atoms with E-state index < -0.39 is 5.41 Å². The third-order valence-electron chi connectivity index (χ3n) is 19.8. The fraction of sp³-hybridized carbons (Fsp3) is 0.631. The molecule has 0 unspecified atom stereocenters. The molecule has 0 bridgehead atoms. The molecule has 3 N–H and O–H groups in total. The zero-order chi connectivity index (χ0) is 46.8. The van der Waals surface area contributed by atoms with Crippen molar-refractivity contribution in [3.63, 3.8) is 0 Å². The van der Waals surface area contributed by atoms with Gasteiger partial charge in [-0.15, -0.1) is 0 Å². The van der Waals surface area contributed by atoms with Crippen LogP contribution in [0.2, 0.25) is 0 Å². The lowest BCUT2D eigenvalue weighted by atomic mass is 9.66. The molecule has 3 heteroatoms. The molecular weight excluding hydrogens is 829 g/mol. The third kappa shape index (κ3) is 9.58. The van der Waals surface area contributed by atoms with Crippen LogP contribution in [0.5, 0.6) is 17.2 Å². The largest absolute Gasteiger partial charge is 0.507 e. The monoisotopic (exact) mass is 917 g/mol. The summed E-state index contributed by atoms with van der Waals surface area (Å²) in [7, 11) is 0. The summed E-state index contributed by atoms with van der Waals surface area (Å²) in [5, 5.41) is 37.1. The van der Waals surface area contributed by atoms with Gasteiger partial charge in [-0.1, -0.05) is 190 Å². The molecule has 0 spiro atoms. The minimum absolute atomic E-state index is 0.267. The van der Waals surface area contributed by atoms with Crippen molar-refractivity contribution in [1.29, 1.82) is 0 Å². The number of aromatic hydroxyl groups is 3. The second-order valence-corrected chi connectivity index (χ2v) is 24.3. The number of benzene rings is 4. The van der Waals surface area contributed by atoms with Gasteiger partial charge in [-0.2, -0.15) is 0 Å². The maximum atomic E-state index is 12.5. The van der Waals surface area contributed by atoms with Crippen LogP contribution in [0.25, 0.3) is 0 Å². The molecule has 0 radical (unpaired) electrons. The van der Waals surface area contributed by atoms with Gasteiger partial charge >= 0.3 is 0 Å². The van der Waals surface area contributed by atoms with Crippen LogP contribution in [-0.2, 0) is 10.8 Å². The Hall–Kier alpha value is -3.72. The van der Waals surface area contributed by atoms with E-state index in [1.807, 2.05) is 0 Å². The van der Waals surface area contributed by atoms with Crippen molar-refractivity contribution in [3.8, 4) is 17.2 Å². The topological polar surface area (TPSA) is 60.7 Å². The average Bonchev–Trinajstić information content (AvgIpc) is 3.40. The first-order valence-corrected chi connectivity index (χ1v) is 28.8. The van der Waals surface area contributed by atoms with E-state index in [9.17, 15) is 15.3 Å². The summed E-state index contributed by atoms with van der Waals surface area (Å²) in [5.74, 6) is 4.22. The Balaban J connectivity index is 1.14. The lowest BCUT2D eigenvalue weighted by molar-refractivity contribution is 0.390. The van der Waals surface area contributed by atoms with Crippen molar-refractivity contribution >= 4 is 0 Å². The molecule has 6 aliphatic rings. The molecule has 366 valence electrons. The summed E-state index contributed by atoms with van der Waals surface area (Å²) in [5.41, 5.74) is 13.0. The predicted molar refractivity (Wildman–Crippen MR) is 283 cm³/mol. The van der Waals surface area contributed by atoms with Gasteiger partial charge in [0.25, 0.3) is 0 Å². The van der Waals surface area contributed by atoms with Crippen molar-refractivity contribution in [2.75, 3.05) is 0 Å². The van der Waals surface area contributed by atoms with Crippen LogP contribution in [-0.4, -0.2) is 15.3 Å². The van der Waals surface area contributed by atoms with Crippen molar-refractivity contribution in [1.82, 2.24) is 0 Å². The highest BCUT2D eigenvalue weighted by Crippen LogP contribution is 2.53. The van der Waals surface area contributed by atoms with E-state index in [0.717, 1.165) is 51.4 Å². The molecule has 10 rings (SSSR count). The van der Waals surface area contributed by atoms with Gasteiger partial charge in [0.2, 0.25) is 0 Å². The van der Waals surface area contributed by atoms with E-state index in [1.165, 1.54) is 202 Å². The van der Waals surface area contributed by atoms with Crippen molar-refractivity contribution in [2.45, 2.75) is 260 Å². The van der Waals surface area contributed by atoms with E-state index in [1.54, 1.807) is 0 Å². The SMILES string of the molecule is CC(C)(c1ccc(C(C)(c2cc(C3CCCCC3)c(O)c(C3CCCCC3)c2)c2cc(C3CCCCC3)c(O)c(C3CCCCC3)c2)cc1)c1cc(C2CCCCC2)c(O)c(C2CCCCC2)c1. The van der Waals surface area contributed by atoms with Gasteiger partial charge in [0.15, 0.2) is 0 Å². The average molecular weight is 917 g/mol. The number of phenolic OH excluding ortho intramolecular Hbond substituents is 3. The van der Waals surface area contributed by atoms with E-state index >= 15 is 0 Å². The molecule has 6 saturated carbocycles. The summed E-state index contributed by atoms with van der Waals surface area (Å²) in [6.07, 6.45) is 36.7. The Morgan fingerprint density at radius 3 is 0.721 bits per heavy atom. The van der Waals surface area contributed by atoms with Crippen LogP contribution in [0.3, 0.4) is 0 Å². The van der Waals surface area contributed by atoms with Crippen molar-refractivity contribution < 1.29 is 15.3 Å². The normalized spacial score (nSPS) is 21.9. The summed E-state index contributed by atoms with van der Waals surface area (Å²) >= 11 is 0. The lowest BCUT2D eigenvalue weighted by Crippen LogP contribution is -2.28. The Morgan fingerprint density at radius 1 is 0.279 bits per heavy atom. The summed E-state index contributed by atoms with van der Waals surface area (Å²) in [6, 6.07) is 24.5. The molecule has 0 atom stereocenters. The molecule has 68 heavy (non-hydrogen) atoms. The van der Waals surface area contributed by atoms with Crippen LogP contribution >= 0.6 is 0 Å². The van der Waals surface area contributed by atoms with E-state index in [0.29, 0.717) is 52.8 Å². The number of hydrogen-bond acceptors (Lipinski definition) is 3. The van der Waals surface area contributed by atoms with Gasteiger partial charge in [-0.05, 0) is 181 Å². The molecule has 0 saturated heterocycles. The van der Waals surface area contributed by atoms with Gasteiger partial charge in [0, 0.05) is 10.8 Å². The van der Waals surface area contributed by atoms with Crippen molar-refractivity contribution in [2.24, 2.45) is 0 Å². The molecular formula is C65H88O3. The molecule has 0 heterocycles. The van der Waals surface area contributed by atoms with Gasteiger partial charge in [-0.25, -0.2) is 0 Å². The Morgan fingerprint density at radius 2 is 0.485 bits per heavy atom. The van der Waals surface area contributed by atoms with E-state index in [4.69, 9.17) is 0 Å². The number of hydrogen-bond donors (Lipinski definition) is 3. The third-order valence-corrected chi connectivity index (χ3v) is 19.8. The summed E-state index contributed by atoms with van der Waals surface area (Å²) < 4.78 is 0. The predicted octanol–water partition coefficient (Wildman–Crippen LogP) is 18.8. The molecule has 0 aromatic heterocycles. The van der Waals surface area contributed by atoms with Gasteiger partial charge in [0.1, 0.15) is 17.2 Å². The first-order valence-electron chi connectivity index (χ1n) is 28.8. The van der Waals surface area contributed by atoms with Crippen LogP contribution in [0, 0.1) is 0 Å². The standard InChI is InChI=1S/C65H88O3/c1-64(2,52-38-55(44-22-10-4-11-23-44)61(66)56(39-52)45-24-12-5-13-25-45)50-34-36-51(37-35-50)65(3,53-40-57(46-26-14-6-15-27-46)62(67)58(41-53)47-28-16-7-17-29-47)54-42-59(48-30-18-8-19-31-48)63(68)60(43-54)49-32-20-9-21-33-49/h34-49,66-68H,4-33H2,1-3H3. The zero-order valence-corrected chi connectivity index (χ0v) is 42.8. The molecule has 0 amide bonds. The molecule has 4 aromatic rings. The lowest BCUT2D eigenvalue weighted by Gasteiger charge is -2.38.